The number of fused-ring (bicyclic) bond motifs is 6. The lowest BCUT2D eigenvalue weighted by Gasteiger charge is -2.17. The quantitative estimate of drug-likeness (QED) is 0.124. The zero-order chi connectivity index (χ0) is 41.0. The SMILES string of the molecule is c1ccc(-c2nc(-c3ccc(-c4ccc5ccccc5c4)cc3)cc(-c3ccc(-c4ccc(-c5c6ccccc6cc6c5ccc5ccccc56)c5ccccc45)cc3)n2)cc1. The number of nitrogens with zero attached hydrogens (tertiary/aromatic N) is 2. The van der Waals surface area contributed by atoms with Crippen LogP contribution in [0.15, 0.2) is 231 Å². The third kappa shape index (κ3) is 6.20. The van der Waals surface area contributed by atoms with Crippen molar-refractivity contribution >= 4 is 53.9 Å². The normalized spacial score (nSPS) is 11.5. The lowest BCUT2D eigenvalue weighted by atomic mass is 9.86. The van der Waals surface area contributed by atoms with Gasteiger partial charge in [0.2, 0.25) is 0 Å². The molecule has 0 bridgehead atoms. The average Bonchev–Trinajstić information content (AvgIpc) is 3.35. The fraction of sp³-hybridized carbons (Fsp3) is 0. The van der Waals surface area contributed by atoms with Gasteiger partial charge in [-0.1, -0.05) is 212 Å². The minimum atomic E-state index is 0.705. The molecule has 0 aliphatic rings. The van der Waals surface area contributed by atoms with Gasteiger partial charge in [0.05, 0.1) is 11.4 Å². The van der Waals surface area contributed by atoms with Crippen LogP contribution < -0.4 is 0 Å². The second kappa shape index (κ2) is 14.8. The summed E-state index contributed by atoms with van der Waals surface area (Å²) in [4.78, 5) is 10.3. The predicted molar refractivity (Wildman–Crippen MR) is 262 cm³/mol. The minimum Gasteiger partial charge on any atom is -0.228 e. The summed E-state index contributed by atoms with van der Waals surface area (Å²) < 4.78 is 0. The molecule has 11 aromatic carbocycles. The fourth-order valence-electron chi connectivity index (χ4n) is 9.36. The van der Waals surface area contributed by atoms with Crippen molar-refractivity contribution in [2.24, 2.45) is 0 Å². The monoisotopic (exact) mass is 786 g/mol. The summed E-state index contributed by atoms with van der Waals surface area (Å²) in [6.07, 6.45) is 0. The van der Waals surface area contributed by atoms with E-state index in [1.54, 1.807) is 0 Å². The Morgan fingerprint density at radius 2 is 0.742 bits per heavy atom. The fourth-order valence-corrected chi connectivity index (χ4v) is 9.36. The summed E-state index contributed by atoms with van der Waals surface area (Å²) >= 11 is 0. The lowest BCUT2D eigenvalue weighted by Crippen LogP contribution is -1.96. The second-order valence-corrected chi connectivity index (χ2v) is 16.1. The van der Waals surface area contributed by atoms with E-state index in [0.717, 1.165) is 33.6 Å². The first kappa shape index (κ1) is 35.7. The molecule has 0 aliphatic carbocycles. The van der Waals surface area contributed by atoms with Crippen molar-refractivity contribution in [3.8, 4) is 67.3 Å². The molecule has 0 atom stereocenters. The van der Waals surface area contributed by atoms with Crippen LogP contribution in [-0.2, 0) is 0 Å². The van der Waals surface area contributed by atoms with Crippen molar-refractivity contribution in [1.29, 1.82) is 0 Å². The van der Waals surface area contributed by atoms with E-state index in [4.69, 9.17) is 9.97 Å². The molecule has 0 radical (unpaired) electrons. The maximum absolute atomic E-state index is 5.15. The number of hydrogen-bond donors (Lipinski definition) is 0. The summed E-state index contributed by atoms with van der Waals surface area (Å²) in [5.74, 6) is 0.705. The van der Waals surface area contributed by atoms with E-state index in [-0.39, 0.29) is 0 Å². The Bertz CT molecular complexity index is 3660. The summed E-state index contributed by atoms with van der Waals surface area (Å²) in [5, 5.41) is 12.5. The van der Waals surface area contributed by atoms with Crippen LogP contribution >= 0.6 is 0 Å². The Hall–Kier alpha value is -8.20. The van der Waals surface area contributed by atoms with E-state index in [1.807, 2.05) is 18.2 Å². The van der Waals surface area contributed by atoms with Crippen molar-refractivity contribution in [1.82, 2.24) is 9.97 Å². The molecule has 0 aliphatic heterocycles. The molecule has 12 aromatic rings. The average molecular weight is 787 g/mol. The van der Waals surface area contributed by atoms with Crippen LogP contribution in [0.4, 0.5) is 0 Å². The molecule has 0 fully saturated rings. The molecule has 0 spiro atoms. The van der Waals surface area contributed by atoms with E-state index in [1.165, 1.54) is 81.7 Å². The third-order valence-corrected chi connectivity index (χ3v) is 12.5. The summed E-state index contributed by atoms with van der Waals surface area (Å²) in [6.45, 7) is 0. The van der Waals surface area contributed by atoms with Crippen molar-refractivity contribution < 1.29 is 0 Å². The zero-order valence-corrected chi connectivity index (χ0v) is 33.8. The Morgan fingerprint density at radius 1 is 0.226 bits per heavy atom. The number of hydrogen-bond acceptors (Lipinski definition) is 2. The van der Waals surface area contributed by atoms with Crippen molar-refractivity contribution in [2.75, 3.05) is 0 Å². The van der Waals surface area contributed by atoms with Crippen LogP contribution in [0.25, 0.3) is 121 Å². The molecule has 1 aromatic heterocycles. The van der Waals surface area contributed by atoms with Gasteiger partial charge in [0.25, 0.3) is 0 Å². The van der Waals surface area contributed by atoms with E-state index in [9.17, 15) is 0 Å². The molecule has 1 heterocycles. The Morgan fingerprint density at radius 3 is 1.47 bits per heavy atom. The van der Waals surface area contributed by atoms with Crippen LogP contribution in [0.2, 0.25) is 0 Å². The molecule has 12 rings (SSSR count). The molecular formula is C60H38N2. The van der Waals surface area contributed by atoms with Gasteiger partial charge in [-0.2, -0.15) is 0 Å². The van der Waals surface area contributed by atoms with Crippen LogP contribution in [0.1, 0.15) is 0 Å². The van der Waals surface area contributed by atoms with Crippen LogP contribution in [0.5, 0.6) is 0 Å². The van der Waals surface area contributed by atoms with Crippen molar-refractivity contribution in [3.63, 3.8) is 0 Å². The van der Waals surface area contributed by atoms with Crippen molar-refractivity contribution in [2.45, 2.75) is 0 Å². The van der Waals surface area contributed by atoms with Gasteiger partial charge in [0, 0.05) is 16.7 Å². The molecule has 0 saturated carbocycles. The second-order valence-electron chi connectivity index (χ2n) is 16.1. The van der Waals surface area contributed by atoms with Gasteiger partial charge in [0.15, 0.2) is 5.82 Å². The smallest absolute Gasteiger partial charge is 0.160 e. The van der Waals surface area contributed by atoms with Crippen LogP contribution in [-0.4, -0.2) is 9.97 Å². The Kier molecular flexibility index (Phi) is 8.53. The molecule has 0 unspecified atom stereocenters. The molecule has 288 valence electrons. The summed E-state index contributed by atoms with van der Waals surface area (Å²) in [5.41, 5.74) is 12.1. The van der Waals surface area contributed by atoms with Gasteiger partial charge in [-0.15, -0.1) is 0 Å². The largest absolute Gasteiger partial charge is 0.228 e. The van der Waals surface area contributed by atoms with Gasteiger partial charge < -0.3 is 0 Å². The van der Waals surface area contributed by atoms with Gasteiger partial charge >= 0.3 is 0 Å². The Labute approximate surface area is 360 Å². The van der Waals surface area contributed by atoms with Crippen LogP contribution in [0, 0.1) is 0 Å². The zero-order valence-electron chi connectivity index (χ0n) is 33.8. The van der Waals surface area contributed by atoms with Gasteiger partial charge in [-0.05, 0) is 105 Å². The number of rotatable bonds is 6. The van der Waals surface area contributed by atoms with E-state index in [0.29, 0.717) is 5.82 Å². The first-order valence-electron chi connectivity index (χ1n) is 21.2. The van der Waals surface area contributed by atoms with Gasteiger partial charge in [-0.3, -0.25) is 0 Å². The highest BCUT2D eigenvalue weighted by atomic mass is 14.9. The molecule has 0 N–H and O–H groups in total. The number of benzene rings is 11. The van der Waals surface area contributed by atoms with E-state index >= 15 is 0 Å². The topological polar surface area (TPSA) is 25.8 Å². The molecule has 62 heavy (non-hydrogen) atoms. The van der Waals surface area contributed by atoms with Crippen LogP contribution in [0.3, 0.4) is 0 Å². The highest BCUT2D eigenvalue weighted by Gasteiger charge is 2.17. The summed E-state index contributed by atoms with van der Waals surface area (Å²) in [7, 11) is 0. The maximum Gasteiger partial charge on any atom is 0.160 e. The molecule has 2 nitrogen and oxygen atoms in total. The lowest BCUT2D eigenvalue weighted by molar-refractivity contribution is 1.18. The first-order chi connectivity index (χ1) is 30.7. The standard InChI is InChI=1S/C60H38N2/c1-2-14-45(15-3-1)60-61-57(43-27-22-40(23-28-43)47-31-24-39-12-4-5-16-46(39)36-47)38-58(62-60)44-29-25-42(26-30-44)50-34-35-54(53-21-11-10-20-52(50)53)59-51-19-9-7-17-48(51)37-56-49-18-8-6-13-41(49)32-33-55(56)59/h1-38H. The van der Waals surface area contributed by atoms with Gasteiger partial charge in [-0.25, -0.2) is 9.97 Å². The molecule has 2 heteroatoms. The van der Waals surface area contributed by atoms with E-state index in [2.05, 4.69) is 212 Å². The maximum atomic E-state index is 5.15. The Balaban J connectivity index is 0.938. The number of aromatic nitrogens is 2. The molecule has 0 amide bonds. The summed E-state index contributed by atoms with van der Waals surface area (Å²) in [6, 6.07) is 83.1. The minimum absolute atomic E-state index is 0.705. The highest BCUT2D eigenvalue weighted by molar-refractivity contribution is 6.23. The molecular weight excluding hydrogens is 749 g/mol. The highest BCUT2D eigenvalue weighted by Crippen LogP contribution is 2.44. The first-order valence-corrected chi connectivity index (χ1v) is 21.2. The van der Waals surface area contributed by atoms with E-state index < -0.39 is 0 Å². The van der Waals surface area contributed by atoms with Crippen molar-refractivity contribution in [3.05, 3.63) is 231 Å². The third-order valence-electron chi connectivity index (χ3n) is 12.5. The predicted octanol–water partition coefficient (Wildman–Crippen LogP) is 16.2. The van der Waals surface area contributed by atoms with Gasteiger partial charge in [0.1, 0.15) is 0 Å². The molecule has 0 saturated heterocycles.